The predicted octanol–water partition coefficient (Wildman–Crippen LogP) is 2.48. The van der Waals surface area contributed by atoms with E-state index < -0.39 is 0 Å². The number of halogens is 1. The van der Waals surface area contributed by atoms with Crippen molar-refractivity contribution in [1.29, 1.82) is 0 Å². The Balaban J connectivity index is 0.00000337. The Hall–Kier alpha value is -3.95. The van der Waals surface area contributed by atoms with Gasteiger partial charge in [0.15, 0.2) is 0 Å². The molecule has 2 aromatic heterocycles. The Kier molecular flexibility index (Phi) is 8.56. The summed E-state index contributed by atoms with van der Waals surface area (Å²) in [5, 5.41) is 0. The number of aromatic nitrogens is 2. The summed E-state index contributed by atoms with van der Waals surface area (Å²) in [6.45, 7) is 7.14. The third-order valence-electron chi connectivity index (χ3n) is 7.14. The molecule has 0 unspecified atom stereocenters. The number of benzene rings is 3. The fourth-order valence-corrected chi connectivity index (χ4v) is 6.09. The van der Waals surface area contributed by atoms with Gasteiger partial charge in [0.05, 0.1) is 10.6 Å². The van der Waals surface area contributed by atoms with Crippen LogP contribution in [0.5, 0.6) is 0 Å². The number of aryl methyl sites for hydroxylation is 1. The Morgan fingerprint density at radius 3 is 2.56 bits per heavy atom. The third kappa shape index (κ3) is 5.52. The molecule has 0 saturated carbocycles. The molecule has 1 aliphatic heterocycles. The topological polar surface area (TPSA) is 42.3 Å². The van der Waals surface area contributed by atoms with E-state index in [1.54, 1.807) is 10.6 Å². The van der Waals surface area contributed by atoms with Crippen LogP contribution in [0.15, 0.2) is 113 Å². The van der Waals surface area contributed by atoms with Gasteiger partial charge in [-0.25, -0.2) is 0 Å². The minimum absolute atomic E-state index is 0. The average Bonchev–Trinajstić information content (AvgIpc) is 3.49. The molecule has 0 aliphatic carbocycles. The molecule has 0 fully saturated rings. The summed E-state index contributed by atoms with van der Waals surface area (Å²) < 4.78 is 11.7. The first-order valence-electron chi connectivity index (χ1n) is 13.3. The highest BCUT2D eigenvalue weighted by molar-refractivity contribution is 7.07. The van der Waals surface area contributed by atoms with Gasteiger partial charge >= 0.3 is 5.89 Å². The van der Waals surface area contributed by atoms with Gasteiger partial charge in [0.1, 0.15) is 11.2 Å². The predicted molar refractivity (Wildman–Crippen MR) is 166 cm³/mol. The van der Waals surface area contributed by atoms with E-state index in [2.05, 4.69) is 65.4 Å². The maximum absolute atomic E-state index is 13.4. The molecular weight excluding hydrogens is 641 g/mol. The van der Waals surface area contributed by atoms with E-state index in [1.165, 1.54) is 11.3 Å². The van der Waals surface area contributed by atoms with E-state index in [-0.39, 0.29) is 29.5 Å². The lowest BCUT2D eigenvalue weighted by atomic mass is 10.00. The van der Waals surface area contributed by atoms with Crippen LogP contribution in [0.4, 0.5) is 5.69 Å². The molecule has 0 atom stereocenters. The quantitative estimate of drug-likeness (QED) is 0.159. The lowest BCUT2D eigenvalue weighted by molar-refractivity contribution is -0.674. The second-order valence-corrected chi connectivity index (χ2v) is 10.7. The minimum atomic E-state index is -0.0382. The summed E-state index contributed by atoms with van der Waals surface area (Å²) >= 11 is 1.46. The van der Waals surface area contributed by atoms with Gasteiger partial charge in [-0.1, -0.05) is 66.7 Å². The molecular formula is C34H30IN3O2S. The molecule has 1 aliphatic rings. The normalized spacial score (nSPS) is 14.5. The van der Waals surface area contributed by atoms with Crippen molar-refractivity contribution in [3.8, 4) is 11.1 Å². The molecule has 0 saturated heterocycles. The number of thiazole rings is 1. The fraction of sp³-hybridized carbons (Fsp3) is 0.118. The van der Waals surface area contributed by atoms with Crippen molar-refractivity contribution in [1.82, 2.24) is 4.57 Å². The molecule has 0 bridgehead atoms. The Bertz CT molecular complexity index is 1980. The molecule has 7 heteroatoms. The number of rotatable bonds is 6. The molecule has 6 rings (SSSR count). The summed E-state index contributed by atoms with van der Waals surface area (Å²) in [6, 6.07) is 24.9. The number of anilines is 1. The summed E-state index contributed by atoms with van der Waals surface area (Å²) in [5.74, 6) is 0.707. The number of nitrogens with zero attached hydrogens (tertiary/aromatic N) is 3. The van der Waals surface area contributed by atoms with Crippen LogP contribution < -0.4 is 48.2 Å². The maximum atomic E-state index is 13.4. The highest BCUT2D eigenvalue weighted by Crippen LogP contribution is 2.31. The second-order valence-electron chi connectivity index (χ2n) is 9.62. The highest BCUT2D eigenvalue weighted by atomic mass is 127. The van der Waals surface area contributed by atoms with Crippen molar-refractivity contribution in [2.75, 3.05) is 11.9 Å². The van der Waals surface area contributed by atoms with Crippen molar-refractivity contribution in [2.45, 2.75) is 20.0 Å². The van der Waals surface area contributed by atoms with E-state index in [1.807, 2.05) is 67.9 Å². The highest BCUT2D eigenvalue weighted by Gasteiger charge is 2.21. The van der Waals surface area contributed by atoms with Crippen molar-refractivity contribution < 1.29 is 33.0 Å². The van der Waals surface area contributed by atoms with E-state index in [0.717, 1.165) is 50.3 Å². The number of oxazole rings is 1. The van der Waals surface area contributed by atoms with E-state index in [0.29, 0.717) is 17.0 Å². The fourth-order valence-electron chi connectivity index (χ4n) is 5.11. The summed E-state index contributed by atoms with van der Waals surface area (Å²) in [7, 11) is 2.04. The van der Waals surface area contributed by atoms with Crippen LogP contribution in [-0.2, 0) is 13.1 Å². The lowest BCUT2D eigenvalue weighted by Crippen LogP contribution is -3.00. The van der Waals surface area contributed by atoms with Crippen molar-refractivity contribution in [3.05, 3.63) is 135 Å². The molecule has 5 nitrogen and oxygen atoms in total. The molecule has 0 radical (unpaired) electrons. The van der Waals surface area contributed by atoms with Gasteiger partial charge in [0, 0.05) is 37.1 Å². The van der Waals surface area contributed by atoms with Gasteiger partial charge in [0.2, 0.25) is 5.58 Å². The number of hydrogen-bond acceptors (Lipinski definition) is 4. The first-order chi connectivity index (χ1) is 19.6. The zero-order valence-corrected chi connectivity index (χ0v) is 25.9. The standard InChI is InChI=1S/C34H30N3O2S.HI/c1-4-20-37-33(40-31(34(37)38)18-16-25-19-21-35(3)28-14-10-9-13-27(25)28)23-32-36(5-2)29-22-26(15-17-30(29)39-32)24-11-7-6-8-12-24;/h4,6-19,21-23H,1,5,20H2,2-3H3;1H/q+1;/p-1. The van der Waals surface area contributed by atoms with E-state index >= 15 is 0 Å². The Morgan fingerprint density at radius 2 is 1.78 bits per heavy atom. The van der Waals surface area contributed by atoms with Gasteiger partial charge < -0.3 is 33.3 Å². The number of allylic oxidation sites excluding steroid dienone is 4. The molecule has 5 aromatic rings. The molecule has 0 amide bonds. The van der Waals surface area contributed by atoms with E-state index in [9.17, 15) is 4.79 Å². The monoisotopic (exact) mass is 671 g/mol. The Morgan fingerprint density at radius 1 is 1.00 bits per heavy atom. The van der Waals surface area contributed by atoms with E-state index in [4.69, 9.17) is 4.42 Å². The van der Waals surface area contributed by atoms with Crippen molar-refractivity contribution in [2.24, 2.45) is 0 Å². The second kappa shape index (κ2) is 12.3. The molecule has 206 valence electrons. The number of para-hydroxylation sites is 1. The summed E-state index contributed by atoms with van der Waals surface area (Å²) in [5.41, 5.74) is 7.43. The van der Waals surface area contributed by atoms with Crippen LogP contribution in [0.25, 0.3) is 40.0 Å². The zero-order valence-electron chi connectivity index (χ0n) is 23.0. The van der Waals surface area contributed by atoms with Crippen LogP contribution in [0.1, 0.15) is 18.4 Å². The smallest absolute Gasteiger partial charge is 0.377 e. The minimum Gasteiger partial charge on any atom is -1.00 e. The summed E-state index contributed by atoms with van der Waals surface area (Å²) in [4.78, 5) is 15.5. The number of fused-ring (bicyclic) bond motifs is 2. The van der Waals surface area contributed by atoms with Crippen LogP contribution in [0, 0.1) is 0 Å². The van der Waals surface area contributed by atoms with Crippen LogP contribution in [-0.4, -0.2) is 11.6 Å². The molecule has 0 N–H and O–H groups in total. The zero-order chi connectivity index (χ0) is 27.6. The number of hydrogen-bond donors (Lipinski definition) is 0. The van der Waals surface area contributed by atoms with Gasteiger partial charge in [0.25, 0.3) is 11.1 Å². The lowest BCUT2D eigenvalue weighted by Gasteiger charge is -2.23. The summed E-state index contributed by atoms with van der Waals surface area (Å²) in [6.07, 6.45) is 11.8. The molecule has 3 heterocycles. The van der Waals surface area contributed by atoms with Crippen molar-refractivity contribution >= 4 is 45.8 Å². The van der Waals surface area contributed by atoms with Crippen LogP contribution in [0.3, 0.4) is 0 Å². The van der Waals surface area contributed by atoms with Gasteiger partial charge in [-0.05, 0) is 47.9 Å². The van der Waals surface area contributed by atoms with Gasteiger partial charge in [-0.2, -0.15) is 4.57 Å². The first-order valence-corrected chi connectivity index (χ1v) is 14.2. The van der Waals surface area contributed by atoms with Crippen LogP contribution in [0.2, 0.25) is 0 Å². The molecule has 41 heavy (non-hydrogen) atoms. The molecule has 3 aromatic carbocycles. The van der Waals surface area contributed by atoms with Gasteiger partial charge in [-0.15, -0.1) is 17.9 Å². The SMILES string of the molecule is C=CCn1c(=Cc2oc3ccc(-c4ccccc4)cc3[n+]2CC)sc(=CC=C2C=CN(C)c3ccccc32)c1=O.[I-]. The third-order valence-corrected chi connectivity index (χ3v) is 8.21. The maximum Gasteiger partial charge on any atom is 0.377 e. The average molecular weight is 672 g/mol. The largest absolute Gasteiger partial charge is 1.00 e. The molecule has 0 spiro atoms. The van der Waals surface area contributed by atoms with Crippen molar-refractivity contribution in [3.63, 3.8) is 0 Å². The Labute approximate surface area is 260 Å². The van der Waals surface area contributed by atoms with Gasteiger partial charge in [-0.3, -0.25) is 9.36 Å². The first kappa shape index (κ1) is 28.6. The van der Waals surface area contributed by atoms with Crippen LogP contribution >= 0.6 is 11.3 Å².